The summed E-state index contributed by atoms with van der Waals surface area (Å²) in [5.74, 6) is -0.158. The number of H-pyrrole nitrogens is 1. The second-order valence-electron chi connectivity index (χ2n) is 6.62. The molecule has 0 aliphatic rings. The number of carbonyl (C=O) groups is 1. The van der Waals surface area contributed by atoms with Crippen LogP contribution in [0.2, 0.25) is 0 Å². The van der Waals surface area contributed by atoms with Crippen LogP contribution in [0.25, 0.3) is 0 Å². The third kappa shape index (κ3) is 4.36. The summed E-state index contributed by atoms with van der Waals surface area (Å²) in [5.41, 5.74) is 3.25. The summed E-state index contributed by atoms with van der Waals surface area (Å²) in [4.78, 5) is 24.7. The van der Waals surface area contributed by atoms with E-state index in [4.69, 9.17) is 0 Å². The van der Waals surface area contributed by atoms with Gasteiger partial charge in [0.05, 0.1) is 22.3 Å². The number of aromatic amines is 1. The molecule has 1 aromatic carbocycles. The van der Waals surface area contributed by atoms with Crippen molar-refractivity contribution >= 4 is 23.4 Å². The zero-order valence-electron chi connectivity index (χ0n) is 16.4. The van der Waals surface area contributed by atoms with E-state index in [1.807, 2.05) is 51.2 Å². The molecule has 0 radical (unpaired) electrons. The van der Waals surface area contributed by atoms with E-state index in [0.29, 0.717) is 18.1 Å². The summed E-state index contributed by atoms with van der Waals surface area (Å²) in [6, 6.07) is 9.94. The van der Waals surface area contributed by atoms with E-state index in [9.17, 15) is 9.59 Å². The molecule has 28 heavy (non-hydrogen) atoms. The van der Waals surface area contributed by atoms with Gasteiger partial charge < -0.3 is 5.32 Å². The molecule has 0 fully saturated rings. The molecule has 9 heteroatoms. The Kier molecular flexibility index (Phi) is 6.03. The predicted molar refractivity (Wildman–Crippen MR) is 110 cm³/mol. The Labute approximate surface area is 167 Å². The van der Waals surface area contributed by atoms with Crippen molar-refractivity contribution in [2.24, 2.45) is 7.05 Å². The Balaban J connectivity index is 1.67. The molecule has 0 saturated carbocycles. The van der Waals surface area contributed by atoms with Crippen molar-refractivity contribution in [2.45, 2.75) is 44.1 Å². The van der Waals surface area contributed by atoms with Crippen LogP contribution in [0.3, 0.4) is 0 Å². The van der Waals surface area contributed by atoms with E-state index in [2.05, 4.69) is 20.6 Å². The van der Waals surface area contributed by atoms with Crippen molar-refractivity contribution in [1.82, 2.24) is 24.5 Å². The lowest BCUT2D eigenvalue weighted by Gasteiger charge is -2.12. The number of amides is 1. The second kappa shape index (κ2) is 8.47. The van der Waals surface area contributed by atoms with Crippen molar-refractivity contribution in [3.05, 3.63) is 57.8 Å². The minimum Gasteiger partial charge on any atom is -0.322 e. The minimum atomic E-state index is -0.426. The number of thioether (sulfide) groups is 1. The summed E-state index contributed by atoms with van der Waals surface area (Å²) < 4.78 is 3.31. The molecule has 148 valence electrons. The van der Waals surface area contributed by atoms with Gasteiger partial charge in [0.25, 0.3) is 0 Å². The Bertz CT molecular complexity index is 1020. The van der Waals surface area contributed by atoms with Gasteiger partial charge in [0, 0.05) is 13.6 Å². The number of nitrogens with one attached hydrogen (secondary N) is 2. The first-order chi connectivity index (χ1) is 13.4. The first-order valence-corrected chi connectivity index (χ1v) is 9.91. The normalized spacial score (nSPS) is 12.1. The summed E-state index contributed by atoms with van der Waals surface area (Å²) in [7, 11) is 1.84. The lowest BCUT2D eigenvalue weighted by atomic mass is 10.1. The number of anilines is 1. The monoisotopic (exact) mass is 400 g/mol. The number of carbonyl (C=O) groups excluding carboxylic acids is 1. The third-order valence-corrected chi connectivity index (χ3v) is 5.69. The van der Waals surface area contributed by atoms with Crippen LogP contribution in [0, 0.1) is 13.8 Å². The quantitative estimate of drug-likeness (QED) is 0.593. The summed E-state index contributed by atoms with van der Waals surface area (Å²) in [5, 5.41) is 13.9. The fourth-order valence-corrected chi connectivity index (χ4v) is 3.75. The molecule has 3 aromatic rings. The zero-order valence-corrected chi connectivity index (χ0v) is 17.2. The molecule has 0 saturated heterocycles. The smallest absolute Gasteiger partial charge is 0.322 e. The summed E-state index contributed by atoms with van der Waals surface area (Å²) in [6.45, 7) is 6.05. The van der Waals surface area contributed by atoms with Gasteiger partial charge in [-0.15, -0.1) is 5.10 Å². The van der Waals surface area contributed by atoms with E-state index in [1.54, 1.807) is 16.2 Å². The molecule has 2 N–H and O–H groups in total. The van der Waals surface area contributed by atoms with Gasteiger partial charge in [0.15, 0.2) is 5.16 Å². The number of hydrogen-bond acceptors (Lipinski definition) is 5. The maximum absolute atomic E-state index is 12.6. The van der Waals surface area contributed by atoms with Crippen LogP contribution < -0.4 is 11.0 Å². The number of aromatic nitrogens is 5. The average molecular weight is 401 g/mol. The first-order valence-electron chi connectivity index (χ1n) is 9.03. The van der Waals surface area contributed by atoms with Crippen LogP contribution in [0.5, 0.6) is 0 Å². The molecule has 1 unspecified atom stereocenters. The number of benzene rings is 1. The highest BCUT2D eigenvalue weighted by molar-refractivity contribution is 8.00. The Hall–Kier alpha value is -2.81. The summed E-state index contributed by atoms with van der Waals surface area (Å²) in [6.07, 6.45) is 0.711. The molecule has 0 aliphatic carbocycles. The fraction of sp³-hybridized carbons (Fsp3) is 0.368. The van der Waals surface area contributed by atoms with E-state index < -0.39 is 5.25 Å². The van der Waals surface area contributed by atoms with Gasteiger partial charge in [-0.3, -0.25) is 14.0 Å². The standard InChI is InChI=1S/C19H24N6O2S/c1-12-16(13(2)24(4)23-12)20-17(26)14(3)28-19-22-21-18(27)25(19)11-10-15-8-6-5-7-9-15/h5-9,14H,10-11H2,1-4H3,(H,20,26)(H,21,27). The van der Waals surface area contributed by atoms with Gasteiger partial charge in [-0.2, -0.15) is 5.10 Å². The average Bonchev–Trinajstić information content (AvgIpc) is 3.14. The van der Waals surface area contributed by atoms with Crippen molar-refractivity contribution < 1.29 is 4.79 Å². The Morgan fingerprint density at radius 2 is 2.00 bits per heavy atom. The number of nitrogens with zero attached hydrogens (tertiary/aromatic N) is 4. The minimum absolute atomic E-state index is 0.158. The molecule has 2 heterocycles. The fourth-order valence-electron chi connectivity index (χ4n) is 2.87. The van der Waals surface area contributed by atoms with Gasteiger partial charge in [0.2, 0.25) is 5.91 Å². The van der Waals surface area contributed by atoms with Crippen LogP contribution in [0.15, 0.2) is 40.3 Å². The highest BCUT2D eigenvalue weighted by Gasteiger charge is 2.21. The van der Waals surface area contributed by atoms with Crippen LogP contribution in [0.1, 0.15) is 23.9 Å². The highest BCUT2D eigenvalue weighted by Crippen LogP contribution is 2.24. The molecule has 1 atom stereocenters. The zero-order chi connectivity index (χ0) is 20.3. The first kappa shape index (κ1) is 19.9. The number of aryl methyl sites for hydroxylation is 3. The topological polar surface area (TPSA) is 97.6 Å². The molecular formula is C19H24N6O2S. The molecule has 3 rings (SSSR count). The molecule has 8 nitrogen and oxygen atoms in total. The van der Waals surface area contributed by atoms with E-state index in [1.165, 1.54) is 11.8 Å². The van der Waals surface area contributed by atoms with Crippen LogP contribution >= 0.6 is 11.8 Å². The van der Waals surface area contributed by atoms with Gasteiger partial charge in [-0.05, 0) is 32.8 Å². The Morgan fingerprint density at radius 1 is 1.29 bits per heavy atom. The molecule has 0 spiro atoms. The van der Waals surface area contributed by atoms with Crippen molar-refractivity contribution in [1.29, 1.82) is 0 Å². The molecule has 0 aliphatic heterocycles. The van der Waals surface area contributed by atoms with Gasteiger partial charge in [0.1, 0.15) is 0 Å². The van der Waals surface area contributed by atoms with E-state index in [-0.39, 0.29) is 11.6 Å². The Morgan fingerprint density at radius 3 is 2.64 bits per heavy atom. The molecule has 1 amide bonds. The lowest BCUT2D eigenvalue weighted by Crippen LogP contribution is -2.24. The van der Waals surface area contributed by atoms with E-state index in [0.717, 1.165) is 22.6 Å². The summed E-state index contributed by atoms with van der Waals surface area (Å²) >= 11 is 1.25. The predicted octanol–water partition coefficient (Wildman–Crippen LogP) is 2.28. The van der Waals surface area contributed by atoms with Gasteiger partial charge in [-0.1, -0.05) is 42.1 Å². The lowest BCUT2D eigenvalue weighted by molar-refractivity contribution is -0.115. The highest BCUT2D eigenvalue weighted by atomic mass is 32.2. The van der Waals surface area contributed by atoms with Gasteiger partial charge >= 0.3 is 5.69 Å². The molecular weight excluding hydrogens is 376 g/mol. The van der Waals surface area contributed by atoms with Crippen molar-refractivity contribution in [2.75, 3.05) is 5.32 Å². The second-order valence-corrected chi connectivity index (χ2v) is 7.93. The van der Waals surface area contributed by atoms with Crippen LogP contribution in [0.4, 0.5) is 5.69 Å². The van der Waals surface area contributed by atoms with Gasteiger partial charge in [-0.25, -0.2) is 9.89 Å². The number of rotatable bonds is 7. The molecule has 2 aromatic heterocycles. The van der Waals surface area contributed by atoms with Crippen LogP contribution in [-0.4, -0.2) is 35.7 Å². The third-order valence-electron chi connectivity index (χ3n) is 4.60. The SMILES string of the molecule is Cc1nn(C)c(C)c1NC(=O)C(C)Sc1n[nH]c(=O)n1CCc1ccccc1. The molecule has 0 bridgehead atoms. The van der Waals surface area contributed by atoms with Crippen LogP contribution in [-0.2, 0) is 24.8 Å². The number of hydrogen-bond donors (Lipinski definition) is 2. The van der Waals surface area contributed by atoms with Crippen molar-refractivity contribution in [3.63, 3.8) is 0 Å². The largest absolute Gasteiger partial charge is 0.343 e. The maximum atomic E-state index is 12.6. The maximum Gasteiger partial charge on any atom is 0.343 e. The van der Waals surface area contributed by atoms with Crippen molar-refractivity contribution in [3.8, 4) is 0 Å². The van der Waals surface area contributed by atoms with E-state index >= 15 is 0 Å².